The van der Waals surface area contributed by atoms with Gasteiger partial charge in [0.25, 0.3) is 0 Å². The van der Waals surface area contributed by atoms with Crippen LogP contribution in [0.1, 0.15) is 168 Å². The second-order valence-corrected chi connectivity index (χ2v) is 12.4. The third-order valence-electron chi connectivity index (χ3n) is 8.04. The molecule has 0 aromatic rings. The first-order chi connectivity index (χ1) is 22.5. The van der Waals surface area contributed by atoms with Gasteiger partial charge in [-0.3, -0.25) is 9.59 Å². The molecule has 0 aromatic carbocycles. The smallest absolute Gasteiger partial charge is 0.306 e. The lowest BCUT2D eigenvalue weighted by molar-refractivity contribution is -0.161. The molecule has 0 aliphatic carbocycles. The van der Waals surface area contributed by atoms with Crippen LogP contribution in [0.3, 0.4) is 0 Å². The molecule has 2 atom stereocenters. The Morgan fingerprint density at radius 3 is 1.54 bits per heavy atom. The topological polar surface area (TPSA) is 93.1 Å². The van der Waals surface area contributed by atoms with Gasteiger partial charge in [-0.05, 0) is 57.8 Å². The lowest BCUT2D eigenvalue weighted by Gasteiger charge is -2.15. The second kappa shape index (κ2) is 35.7. The summed E-state index contributed by atoms with van der Waals surface area (Å²) in [5.41, 5.74) is 0. The first-order valence-electron chi connectivity index (χ1n) is 18.8. The first kappa shape index (κ1) is 43.8. The Bertz CT molecular complexity index is 800. The van der Waals surface area contributed by atoms with Crippen LogP contribution in [0.5, 0.6) is 0 Å². The molecular weight excluding hydrogens is 576 g/mol. The lowest BCUT2D eigenvalue weighted by Crippen LogP contribution is -2.28. The van der Waals surface area contributed by atoms with Crippen LogP contribution in [0.25, 0.3) is 0 Å². The van der Waals surface area contributed by atoms with Crippen LogP contribution in [-0.4, -0.2) is 47.6 Å². The minimum Gasteiger partial charge on any atom is -0.462 e. The van der Waals surface area contributed by atoms with Crippen LogP contribution >= 0.6 is 0 Å². The number of unbranched alkanes of at least 4 members (excludes halogenated alkanes) is 14. The van der Waals surface area contributed by atoms with Gasteiger partial charge in [-0.15, -0.1) is 0 Å². The number of hydrogen-bond acceptors (Lipinski definition) is 6. The molecule has 46 heavy (non-hydrogen) atoms. The Morgan fingerprint density at radius 1 is 0.587 bits per heavy atom. The summed E-state index contributed by atoms with van der Waals surface area (Å²) in [7, 11) is 0. The minimum atomic E-state index is -0.799. The molecule has 2 N–H and O–H groups in total. The molecule has 0 radical (unpaired) electrons. The summed E-state index contributed by atoms with van der Waals surface area (Å²) in [6.07, 6.45) is 41.1. The van der Waals surface area contributed by atoms with Gasteiger partial charge in [0.05, 0.1) is 12.7 Å². The molecule has 0 saturated heterocycles. The highest BCUT2D eigenvalue weighted by molar-refractivity contribution is 5.70. The Balaban J connectivity index is 3.68. The SMILES string of the molecule is CCCCCCCCCCCCCCCCC(=O)O[C@@H](CO)COC(=O)CCC/C=C\C/C=C\C/C=C\C/C=C\CC[C@@H](O)CC. The van der Waals surface area contributed by atoms with Crippen LogP contribution in [0.2, 0.25) is 0 Å². The maximum absolute atomic E-state index is 12.1. The summed E-state index contributed by atoms with van der Waals surface area (Å²) in [5.74, 6) is -0.674. The maximum Gasteiger partial charge on any atom is 0.306 e. The average Bonchev–Trinajstić information content (AvgIpc) is 3.06. The van der Waals surface area contributed by atoms with Gasteiger partial charge in [0.2, 0.25) is 0 Å². The molecule has 0 heterocycles. The number of aliphatic hydroxyl groups excluding tert-OH is 2. The van der Waals surface area contributed by atoms with E-state index in [1.165, 1.54) is 70.6 Å². The molecule has 6 heteroatoms. The second-order valence-electron chi connectivity index (χ2n) is 12.4. The fourth-order valence-corrected chi connectivity index (χ4v) is 5.00. The van der Waals surface area contributed by atoms with Crippen molar-refractivity contribution in [1.82, 2.24) is 0 Å². The van der Waals surface area contributed by atoms with Gasteiger partial charge in [0, 0.05) is 12.8 Å². The van der Waals surface area contributed by atoms with Gasteiger partial charge in [0.15, 0.2) is 6.10 Å². The van der Waals surface area contributed by atoms with Crippen molar-refractivity contribution in [3.8, 4) is 0 Å². The molecule has 0 amide bonds. The normalized spacial score (nSPS) is 13.4. The molecule has 0 fully saturated rings. The van der Waals surface area contributed by atoms with E-state index in [0.29, 0.717) is 19.3 Å². The van der Waals surface area contributed by atoms with Gasteiger partial charge < -0.3 is 19.7 Å². The van der Waals surface area contributed by atoms with Crippen molar-refractivity contribution >= 4 is 11.9 Å². The van der Waals surface area contributed by atoms with E-state index in [2.05, 4.69) is 55.5 Å². The van der Waals surface area contributed by atoms with E-state index in [1.807, 2.05) is 6.92 Å². The molecule has 0 rings (SSSR count). The number of rotatable bonds is 33. The van der Waals surface area contributed by atoms with E-state index in [9.17, 15) is 19.8 Å². The van der Waals surface area contributed by atoms with Gasteiger partial charge in [0.1, 0.15) is 6.61 Å². The zero-order chi connectivity index (χ0) is 33.8. The zero-order valence-corrected chi connectivity index (χ0v) is 29.7. The zero-order valence-electron chi connectivity index (χ0n) is 29.7. The van der Waals surface area contributed by atoms with Crippen molar-refractivity contribution in [2.45, 2.75) is 180 Å². The molecule has 0 unspecified atom stereocenters. The van der Waals surface area contributed by atoms with Crippen LogP contribution < -0.4 is 0 Å². The average molecular weight is 647 g/mol. The number of carbonyl (C=O) groups excluding carboxylic acids is 2. The summed E-state index contributed by atoms with van der Waals surface area (Å²) in [6.45, 7) is 3.80. The van der Waals surface area contributed by atoms with E-state index >= 15 is 0 Å². The number of aliphatic hydroxyl groups is 2. The summed E-state index contributed by atoms with van der Waals surface area (Å²) < 4.78 is 10.5. The molecule has 0 bridgehead atoms. The molecule has 266 valence electrons. The summed E-state index contributed by atoms with van der Waals surface area (Å²) >= 11 is 0. The fraction of sp³-hybridized carbons (Fsp3) is 0.750. The lowest BCUT2D eigenvalue weighted by atomic mass is 10.0. The summed E-state index contributed by atoms with van der Waals surface area (Å²) in [4.78, 5) is 24.2. The van der Waals surface area contributed by atoms with Crippen LogP contribution in [0.4, 0.5) is 0 Å². The van der Waals surface area contributed by atoms with Crippen LogP contribution in [-0.2, 0) is 19.1 Å². The molecule has 0 saturated carbocycles. The van der Waals surface area contributed by atoms with E-state index in [1.54, 1.807) is 0 Å². The van der Waals surface area contributed by atoms with Crippen molar-refractivity contribution in [3.63, 3.8) is 0 Å². The third-order valence-corrected chi connectivity index (χ3v) is 8.04. The largest absolute Gasteiger partial charge is 0.462 e. The predicted molar refractivity (Wildman–Crippen MR) is 193 cm³/mol. The number of carbonyl (C=O) groups is 2. The Labute approximate surface area is 282 Å². The van der Waals surface area contributed by atoms with Crippen molar-refractivity contribution in [2.24, 2.45) is 0 Å². The molecule has 6 nitrogen and oxygen atoms in total. The minimum absolute atomic E-state index is 0.103. The van der Waals surface area contributed by atoms with Crippen molar-refractivity contribution < 1.29 is 29.3 Å². The van der Waals surface area contributed by atoms with E-state index in [4.69, 9.17) is 9.47 Å². The Morgan fingerprint density at radius 2 is 1.04 bits per heavy atom. The third kappa shape index (κ3) is 33.2. The van der Waals surface area contributed by atoms with Crippen molar-refractivity contribution in [3.05, 3.63) is 48.6 Å². The quantitative estimate of drug-likeness (QED) is 0.0419. The predicted octanol–water partition coefficient (Wildman–Crippen LogP) is 10.4. The number of ether oxygens (including phenoxy) is 2. The highest BCUT2D eigenvalue weighted by Gasteiger charge is 2.16. The highest BCUT2D eigenvalue weighted by Crippen LogP contribution is 2.14. The van der Waals surface area contributed by atoms with Crippen LogP contribution in [0.15, 0.2) is 48.6 Å². The fourth-order valence-electron chi connectivity index (χ4n) is 5.00. The molecule has 0 aromatic heterocycles. The number of esters is 2. The maximum atomic E-state index is 12.1. The molecule has 0 aliphatic rings. The molecular formula is C40H70O6. The molecule has 0 aliphatic heterocycles. The van der Waals surface area contributed by atoms with Crippen molar-refractivity contribution in [1.29, 1.82) is 0 Å². The first-order valence-corrected chi connectivity index (χ1v) is 18.8. The van der Waals surface area contributed by atoms with Gasteiger partial charge >= 0.3 is 11.9 Å². The van der Waals surface area contributed by atoms with Gasteiger partial charge in [-0.25, -0.2) is 0 Å². The molecule has 0 spiro atoms. The standard InChI is InChI=1S/C40H70O6/c1-3-5-6-7-8-9-10-11-15-19-22-25-28-31-34-40(44)46-38(35-41)36-45-39(43)33-30-27-24-21-18-16-13-12-14-17-20-23-26-29-32-37(42)4-2/h13-14,16-17,21,23-24,26,37-38,41-42H,3-12,15,18-20,22,25,27-36H2,1-2H3/b16-13-,17-14-,24-21-,26-23-/t37-,38-/m0/s1. The summed E-state index contributed by atoms with van der Waals surface area (Å²) in [6, 6.07) is 0. The Hall–Kier alpha value is -2.18. The van der Waals surface area contributed by atoms with E-state index < -0.39 is 6.10 Å². The van der Waals surface area contributed by atoms with Gasteiger partial charge in [-0.2, -0.15) is 0 Å². The van der Waals surface area contributed by atoms with Crippen LogP contribution in [0, 0.1) is 0 Å². The summed E-state index contributed by atoms with van der Waals surface area (Å²) in [5, 5.41) is 19.0. The Kier molecular flexibility index (Phi) is 34.0. The van der Waals surface area contributed by atoms with E-state index in [-0.39, 0.29) is 31.3 Å². The number of allylic oxidation sites excluding steroid dienone is 8. The highest BCUT2D eigenvalue weighted by atomic mass is 16.6. The van der Waals surface area contributed by atoms with E-state index in [0.717, 1.165) is 64.2 Å². The monoisotopic (exact) mass is 647 g/mol. The van der Waals surface area contributed by atoms with Gasteiger partial charge in [-0.1, -0.05) is 146 Å². The van der Waals surface area contributed by atoms with Crippen molar-refractivity contribution in [2.75, 3.05) is 13.2 Å². The number of hydrogen-bond donors (Lipinski definition) is 2.